The van der Waals surface area contributed by atoms with E-state index in [0.29, 0.717) is 41.4 Å². The van der Waals surface area contributed by atoms with E-state index in [0.717, 1.165) is 49.8 Å². The van der Waals surface area contributed by atoms with Crippen molar-refractivity contribution in [2.45, 2.75) is 57.5 Å². The van der Waals surface area contributed by atoms with E-state index in [1.54, 1.807) is 24.3 Å². The maximum Gasteiger partial charge on any atom is 0.255 e. The van der Waals surface area contributed by atoms with Crippen LogP contribution in [0.4, 0.5) is 0 Å². The van der Waals surface area contributed by atoms with Gasteiger partial charge in [0.05, 0.1) is 27.7 Å². The summed E-state index contributed by atoms with van der Waals surface area (Å²) in [4.78, 5) is 50.2. The molecule has 10 heteroatoms. The van der Waals surface area contributed by atoms with Crippen LogP contribution < -0.4 is 5.32 Å². The second kappa shape index (κ2) is 11.3. The van der Waals surface area contributed by atoms with Crippen molar-refractivity contribution in [3.63, 3.8) is 0 Å². The van der Waals surface area contributed by atoms with Gasteiger partial charge in [0, 0.05) is 42.7 Å². The first-order chi connectivity index (χ1) is 18.3. The largest absolute Gasteiger partial charge is 0.343 e. The number of aromatic amines is 1. The van der Waals surface area contributed by atoms with E-state index in [2.05, 4.69) is 15.3 Å². The summed E-state index contributed by atoms with van der Waals surface area (Å²) in [7, 11) is 0. The zero-order chi connectivity index (χ0) is 26.8. The quantitative estimate of drug-likeness (QED) is 0.409. The number of rotatable bonds is 7. The predicted octanol–water partition coefficient (Wildman–Crippen LogP) is 5.37. The first kappa shape index (κ1) is 26.5. The summed E-state index contributed by atoms with van der Waals surface area (Å²) in [5.74, 6) is 0.302. The molecule has 8 nitrogen and oxygen atoms in total. The van der Waals surface area contributed by atoms with E-state index in [4.69, 9.17) is 23.2 Å². The number of carbonyl (C=O) groups is 3. The molecule has 2 fully saturated rings. The zero-order valence-corrected chi connectivity index (χ0v) is 22.8. The fraction of sp³-hybridized carbons (Fsp3) is 0.429. The molecule has 3 amide bonds. The van der Waals surface area contributed by atoms with Crippen molar-refractivity contribution in [3.8, 4) is 0 Å². The van der Waals surface area contributed by atoms with Crippen molar-refractivity contribution in [2.75, 3.05) is 19.6 Å². The number of H-pyrrole nitrogens is 1. The van der Waals surface area contributed by atoms with Gasteiger partial charge in [-0.25, -0.2) is 4.98 Å². The average Bonchev–Trinajstić information content (AvgIpc) is 3.67. The molecule has 3 aromatic rings. The Morgan fingerprint density at radius 3 is 2.63 bits per heavy atom. The van der Waals surface area contributed by atoms with Gasteiger partial charge in [0.15, 0.2) is 0 Å². The molecule has 3 heterocycles. The first-order valence-corrected chi connectivity index (χ1v) is 13.9. The van der Waals surface area contributed by atoms with Crippen molar-refractivity contribution in [1.29, 1.82) is 0 Å². The van der Waals surface area contributed by atoms with Crippen LogP contribution in [0.15, 0.2) is 36.4 Å². The van der Waals surface area contributed by atoms with E-state index in [-0.39, 0.29) is 34.8 Å². The Hall–Kier alpha value is -3.10. The summed E-state index contributed by atoms with van der Waals surface area (Å²) < 4.78 is 0. The Kier molecular flexibility index (Phi) is 7.91. The van der Waals surface area contributed by atoms with Crippen molar-refractivity contribution >= 4 is 52.0 Å². The lowest BCUT2D eigenvalue weighted by atomic mass is 10.1. The molecule has 2 aliphatic rings. The lowest BCUT2D eigenvalue weighted by Gasteiger charge is -2.26. The Bertz CT molecular complexity index is 1370. The Balaban J connectivity index is 1.22. The van der Waals surface area contributed by atoms with Crippen LogP contribution in [0.3, 0.4) is 0 Å². The van der Waals surface area contributed by atoms with Crippen molar-refractivity contribution in [2.24, 2.45) is 0 Å². The minimum absolute atomic E-state index is 0.0210. The molecule has 2 aromatic carbocycles. The second-order valence-corrected chi connectivity index (χ2v) is 10.9. The second-order valence-electron chi connectivity index (χ2n) is 10.1. The number of halogens is 2. The van der Waals surface area contributed by atoms with E-state index >= 15 is 0 Å². The van der Waals surface area contributed by atoms with Gasteiger partial charge in [-0.1, -0.05) is 23.2 Å². The molecule has 2 N–H and O–H groups in total. The highest BCUT2D eigenvalue weighted by molar-refractivity contribution is 6.34. The van der Waals surface area contributed by atoms with E-state index < -0.39 is 0 Å². The lowest BCUT2D eigenvalue weighted by molar-refractivity contribution is -0.130. The molecule has 2 saturated heterocycles. The van der Waals surface area contributed by atoms with Gasteiger partial charge in [0.25, 0.3) is 11.8 Å². The molecule has 2 aliphatic heterocycles. The zero-order valence-electron chi connectivity index (χ0n) is 21.3. The van der Waals surface area contributed by atoms with Crippen molar-refractivity contribution in [3.05, 3.63) is 63.4 Å². The Morgan fingerprint density at radius 2 is 1.87 bits per heavy atom. The van der Waals surface area contributed by atoms with Gasteiger partial charge in [-0.2, -0.15) is 0 Å². The predicted molar refractivity (Wildman–Crippen MR) is 148 cm³/mol. The lowest BCUT2D eigenvalue weighted by Crippen LogP contribution is -2.37. The van der Waals surface area contributed by atoms with Crippen LogP contribution in [-0.2, 0) is 4.79 Å². The molecule has 0 radical (unpaired) electrons. The molecule has 0 bridgehead atoms. The number of benzene rings is 2. The van der Waals surface area contributed by atoms with Gasteiger partial charge in [0.2, 0.25) is 5.91 Å². The number of imidazole rings is 1. The van der Waals surface area contributed by atoms with Crippen LogP contribution in [0.2, 0.25) is 10.0 Å². The smallest absolute Gasteiger partial charge is 0.255 e. The number of likely N-dealkylation sites (tertiary alicyclic amines) is 2. The van der Waals surface area contributed by atoms with Gasteiger partial charge >= 0.3 is 0 Å². The normalized spacial score (nSPS) is 18.2. The van der Waals surface area contributed by atoms with Crippen LogP contribution in [-0.4, -0.2) is 63.2 Å². The molecule has 200 valence electrons. The van der Waals surface area contributed by atoms with E-state index in [9.17, 15) is 14.4 Å². The number of fused-ring (bicyclic) bond motifs is 1. The summed E-state index contributed by atoms with van der Waals surface area (Å²) in [6, 6.07) is 9.76. The minimum atomic E-state index is -0.387. The third-order valence-corrected chi connectivity index (χ3v) is 8.02. The van der Waals surface area contributed by atoms with Crippen LogP contribution in [0.1, 0.15) is 78.0 Å². The van der Waals surface area contributed by atoms with Crippen molar-refractivity contribution in [1.82, 2.24) is 25.1 Å². The standard InChI is InChI=1S/C28H31Cl2N5O3/c1-17(26-32-23-10-7-19(29)16-24(23)33-26)31-27(37)18-6-9-21(22(30)15-18)28(38)35-14-4-5-20(35)8-11-25(36)34-12-2-3-13-34/h6-7,9-10,15-17,20H,2-5,8,11-14H2,1H3,(H,31,37)(H,32,33)/t17-,20-/m0/s1. The maximum absolute atomic E-state index is 13.4. The van der Waals surface area contributed by atoms with Crippen LogP contribution >= 0.6 is 23.2 Å². The summed E-state index contributed by atoms with van der Waals surface area (Å²) in [6.07, 6.45) is 5.03. The molecule has 38 heavy (non-hydrogen) atoms. The number of nitrogens with zero attached hydrogens (tertiary/aromatic N) is 3. The monoisotopic (exact) mass is 555 g/mol. The van der Waals surface area contributed by atoms with Gasteiger partial charge in [-0.15, -0.1) is 0 Å². The summed E-state index contributed by atoms with van der Waals surface area (Å²) in [5, 5.41) is 3.74. The molecule has 0 unspecified atom stereocenters. The fourth-order valence-electron chi connectivity index (χ4n) is 5.35. The molecule has 2 atom stereocenters. The van der Waals surface area contributed by atoms with Crippen molar-refractivity contribution < 1.29 is 14.4 Å². The van der Waals surface area contributed by atoms with Gasteiger partial charge in [-0.3, -0.25) is 14.4 Å². The van der Waals surface area contributed by atoms with Crippen LogP contribution in [0, 0.1) is 0 Å². The molecular formula is C28H31Cl2N5O3. The molecular weight excluding hydrogens is 525 g/mol. The topological polar surface area (TPSA) is 98.4 Å². The van der Waals surface area contributed by atoms with E-state index in [1.807, 2.05) is 22.8 Å². The molecule has 0 spiro atoms. The average molecular weight is 556 g/mol. The number of nitrogens with one attached hydrogen (secondary N) is 2. The molecule has 1 aromatic heterocycles. The van der Waals surface area contributed by atoms with Gasteiger partial charge in [0.1, 0.15) is 5.82 Å². The third kappa shape index (κ3) is 5.66. The number of carbonyl (C=O) groups excluding carboxylic acids is 3. The van der Waals surface area contributed by atoms with Crippen LogP contribution in [0.5, 0.6) is 0 Å². The molecule has 5 rings (SSSR count). The highest BCUT2D eigenvalue weighted by atomic mass is 35.5. The van der Waals surface area contributed by atoms with E-state index in [1.165, 1.54) is 6.07 Å². The highest BCUT2D eigenvalue weighted by Crippen LogP contribution is 2.28. The number of aromatic nitrogens is 2. The van der Waals surface area contributed by atoms with Gasteiger partial charge < -0.3 is 20.1 Å². The number of hydrogen-bond donors (Lipinski definition) is 2. The Labute approximate surface area is 231 Å². The fourth-order valence-corrected chi connectivity index (χ4v) is 5.78. The SMILES string of the molecule is C[C@H](NC(=O)c1ccc(C(=O)N2CCC[C@H]2CCC(=O)N2CCCC2)c(Cl)c1)c1nc2cc(Cl)ccc2[nH]1. The summed E-state index contributed by atoms with van der Waals surface area (Å²) in [6.45, 7) is 4.15. The maximum atomic E-state index is 13.4. The third-order valence-electron chi connectivity index (χ3n) is 7.47. The van der Waals surface area contributed by atoms with Gasteiger partial charge in [-0.05, 0) is 75.4 Å². The first-order valence-electron chi connectivity index (χ1n) is 13.1. The molecule has 0 aliphatic carbocycles. The summed E-state index contributed by atoms with van der Waals surface area (Å²) >= 11 is 12.6. The van der Waals surface area contributed by atoms with Crippen LogP contribution in [0.25, 0.3) is 11.0 Å². The summed E-state index contributed by atoms with van der Waals surface area (Å²) in [5.41, 5.74) is 2.27. The Morgan fingerprint density at radius 1 is 1.08 bits per heavy atom. The molecule has 0 saturated carbocycles. The highest BCUT2D eigenvalue weighted by Gasteiger charge is 2.31. The number of hydrogen-bond acceptors (Lipinski definition) is 4. The minimum Gasteiger partial charge on any atom is -0.343 e. The number of amides is 3.